The lowest BCUT2D eigenvalue weighted by Crippen LogP contribution is -2.44. The molecule has 3 saturated heterocycles. The van der Waals surface area contributed by atoms with Gasteiger partial charge >= 0.3 is 0 Å². The number of hydrogen-bond donors (Lipinski definition) is 0. The predicted octanol–water partition coefficient (Wildman–Crippen LogP) is 2.94. The molecule has 0 aliphatic carbocycles. The quantitative estimate of drug-likeness (QED) is 0.673. The first kappa shape index (κ1) is 18.3. The van der Waals surface area contributed by atoms with Crippen LogP contribution in [0, 0.1) is 5.92 Å². The molecule has 2 bridgehead atoms. The van der Waals surface area contributed by atoms with E-state index in [1.807, 2.05) is 28.9 Å². The van der Waals surface area contributed by atoms with E-state index in [9.17, 15) is 4.79 Å². The molecule has 2 atom stereocenters. The largest absolute Gasteiger partial charge is 0.341 e. The molecule has 0 saturated carbocycles. The zero-order chi connectivity index (χ0) is 19.6. The van der Waals surface area contributed by atoms with Gasteiger partial charge in [0.2, 0.25) is 5.91 Å². The SMILES string of the molecule is O=C(CCn1nnc2ccccc21)N1CC2CCC(C1)N(Cc1ccccc1)C2. The van der Waals surface area contributed by atoms with Crippen LogP contribution >= 0.6 is 0 Å². The first-order valence-corrected chi connectivity index (χ1v) is 10.6. The summed E-state index contributed by atoms with van der Waals surface area (Å²) >= 11 is 0. The minimum atomic E-state index is 0.239. The van der Waals surface area contributed by atoms with Gasteiger partial charge in [0.25, 0.3) is 0 Å². The first-order chi connectivity index (χ1) is 14.3. The van der Waals surface area contributed by atoms with Crippen molar-refractivity contribution in [3.8, 4) is 0 Å². The van der Waals surface area contributed by atoms with Crippen LogP contribution in [0.2, 0.25) is 0 Å². The van der Waals surface area contributed by atoms with Crippen LogP contribution in [-0.2, 0) is 17.9 Å². The lowest BCUT2D eigenvalue weighted by molar-refractivity contribution is -0.131. The van der Waals surface area contributed by atoms with Gasteiger partial charge in [-0.25, -0.2) is 4.68 Å². The number of rotatable bonds is 5. The van der Waals surface area contributed by atoms with E-state index in [0.717, 1.165) is 37.2 Å². The normalized spacial score (nSPS) is 22.1. The Bertz CT molecular complexity index is 985. The first-order valence-electron chi connectivity index (χ1n) is 10.6. The Morgan fingerprint density at radius 1 is 0.966 bits per heavy atom. The molecule has 2 aromatic carbocycles. The highest BCUT2D eigenvalue weighted by atomic mass is 16.2. The van der Waals surface area contributed by atoms with Crippen LogP contribution in [0.1, 0.15) is 24.8 Å². The minimum Gasteiger partial charge on any atom is -0.341 e. The summed E-state index contributed by atoms with van der Waals surface area (Å²) in [6, 6.07) is 19.0. The summed E-state index contributed by atoms with van der Waals surface area (Å²) in [5, 5.41) is 8.41. The molecule has 3 aromatic rings. The Balaban J connectivity index is 1.23. The van der Waals surface area contributed by atoms with Crippen molar-refractivity contribution in [3.05, 3.63) is 60.2 Å². The fourth-order valence-corrected chi connectivity index (χ4v) is 4.84. The van der Waals surface area contributed by atoms with Crippen LogP contribution in [0.3, 0.4) is 0 Å². The lowest BCUT2D eigenvalue weighted by atomic mass is 9.94. The topological polar surface area (TPSA) is 54.3 Å². The molecule has 3 aliphatic rings. The van der Waals surface area contributed by atoms with Crippen molar-refractivity contribution in [2.75, 3.05) is 19.6 Å². The molecule has 2 unspecified atom stereocenters. The molecule has 4 heterocycles. The van der Waals surface area contributed by atoms with E-state index in [2.05, 4.69) is 50.4 Å². The monoisotopic (exact) mass is 389 g/mol. The zero-order valence-electron chi connectivity index (χ0n) is 16.7. The highest BCUT2D eigenvalue weighted by molar-refractivity contribution is 5.77. The summed E-state index contributed by atoms with van der Waals surface area (Å²) in [5.41, 5.74) is 3.23. The molecule has 0 spiro atoms. The lowest BCUT2D eigenvalue weighted by Gasteiger charge is -2.36. The van der Waals surface area contributed by atoms with Crippen molar-refractivity contribution in [1.82, 2.24) is 24.8 Å². The predicted molar refractivity (Wildman–Crippen MR) is 112 cm³/mol. The number of hydrogen-bond acceptors (Lipinski definition) is 4. The molecule has 1 aromatic heterocycles. The smallest absolute Gasteiger partial charge is 0.224 e. The van der Waals surface area contributed by atoms with Gasteiger partial charge in [0.1, 0.15) is 5.52 Å². The van der Waals surface area contributed by atoms with Crippen LogP contribution in [0.5, 0.6) is 0 Å². The maximum Gasteiger partial charge on any atom is 0.224 e. The number of benzene rings is 2. The fourth-order valence-electron chi connectivity index (χ4n) is 4.84. The van der Waals surface area contributed by atoms with Gasteiger partial charge in [-0.3, -0.25) is 9.69 Å². The second-order valence-electron chi connectivity index (χ2n) is 8.36. The second kappa shape index (κ2) is 7.95. The van der Waals surface area contributed by atoms with Crippen molar-refractivity contribution in [1.29, 1.82) is 0 Å². The Morgan fingerprint density at radius 2 is 1.79 bits per heavy atom. The van der Waals surface area contributed by atoms with Crippen molar-refractivity contribution in [3.63, 3.8) is 0 Å². The summed E-state index contributed by atoms with van der Waals surface area (Å²) in [4.78, 5) is 17.7. The summed E-state index contributed by atoms with van der Waals surface area (Å²) in [6.07, 6.45) is 2.90. The van der Waals surface area contributed by atoms with Gasteiger partial charge in [0.05, 0.1) is 12.1 Å². The molecule has 1 amide bonds. The van der Waals surface area contributed by atoms with Gasteiger partial charge in [0, 0.05) is 38.6 Å². The molecule has 0 radical (unpaired) electrons. The summed E-state index contributed by atoms with van der Waals surface area (Å²) in [6.45, 7) is 4.39. The van der Waals surface area contributed by atoms with Crippen molar-refractivity contribution in [2.45, 2.75) is 38.4 Å². The molecule has 3 aliphatic heterocycles. The third-order valence-corrected chi connectivity index (χ3v) is 6.37. The molecule has 29 heavy (non-hydrogen) atoms. The molecule has 150 valence electrons. The number of amides is 1. The van der Waals surface area contributed by atoms with E-state index in [1.165, 1.54) is 18.4 Å². The zero-order valence-corrected chi connectivity index (χ0v) is 16.7. The third-order valence-electron chi connectivity index (χ3n) is 6.37. The number of nitrogens with zero attached hydrogens (tertiary/aromatic N) is 5. The Hall–Kier alpha value is -2.73. The molecule has 0 N–H and O–H groups in total. The summed E-state index contributed by atoms with van der Waals surface area (Å²) < 4.78 is 1.85. The van der Waals surface area contributed by atoms with Gasteiger partial charge in [0.15, 0.2) is 0 Å². The Kier molecular flexibility index (Phi) is 5.02. The van der Waals surface area contributed by atoms with Gasteiger partial charge in [-0.05, 0) is 36.5 Å². The maximum atomic E-state index is 13.0. The Labute approximate surface area is 171 Å². The van der Waals surface area contributed by atoms with Crippen LogP contribution in [0.15, 0.2) is 54.6 Å². The number of carbonyl (C=O) groups is 1. The number of aryl methyl sites for hydroxylation is 1. The standard InChI is InChI=1S/C23H27N5O/c29-23(12-13-28-22-9-5-4-8-21(22)24-25-28)27-16-19-10-11-20(17-27)26(15-19)14-18-6-2-1-3-7-18/h1-9,19-20H,10-17H2. The fraction of sp³-hybridized carbons (Fsp3) is 0.435. The van der Waals surface area contributed by atoms with Crippen LogP contribution in [-0.4, -0.2) is 56.4 Å². The Morgan fingerprint density at radius 3 is 2.69 bits per heavy atom. The summed E-state index contributed by atoms with van der Waals surface area (Å²) in [5.74, 6) is 0.816. The van der Waals surface area contributed by atoms with Crippen LogP contribution in [0.25, 0.3) is 11.0 Å². The van der Waals surface area contributed by atoms with E-state index in [-0.39, 0.29) is 5.91 Å². The van der Waals surface area contributed by atoms with E-state index in [4.69, 9.17) is 0 Å². The number of fused-ring (bicyclic) bond motifs is 5. The van der Waals surface area contributed by atoms with E-state index < -0.39 is 0 Å². The van der Waals surface area contributed by atoms with Gasteiger partial charge in [-0.15, -0.1) is 5.10 Å². The van der Waals surface area contributed by atoms with Crippen LogP contribution in [0.4, 0.5) is 0 Å². The van der Waals surface area contributed by atoms with Crippen molar-refractivity contribution >= 4 is 16.9 Å². The van der Waals surface area contributed by atoms with E-state index >= 15 is 0 Å². The number of aromatic nitrogens is 3. The van der Waals surface area contributed by atoms with Gasteiger partial charge in [-0.2, -0.15) is 0 Å². The van der Waals surface area contributed by atoms with Crippen LogP contribution < -0.4 is 0 Å². The molecule has 6 heteroatoms. The summed E-state index contributed by atoms with van der Waals surface area (Å²) in [7, 11) is 0. The molecule has 6 nitrogen and oxygen atoms in total. The third kappa shape index (κ3) is 3.90. The highest BCUT2D eigenvalue weighted by Gasteiger charge is 2.36. The van der Waals surface area contributed by atoms with Crippen molar-refractivity contribution < 1.29 is 4.79 Å². The van der Waals surface area contributed by atoms with Gasteiger partial charge < -0.3 is 4.90 Å². The average molecular weight is 390 g/mol. The second-order valence-corrected chi connectivity index (χ2v) is 8.36. The van der Waals surface area contributed by atoms with E-state index in [1.54, 1.807) is 0 Å². The number of para-hydroxylation sites is 1. The number of piperidine rings is 1. The molecular weight excluding hydrogens is 362 g/mol. The van der Waals surface area contributed by atoms with Gasteiger partial charge in [-0.1, -0.05) is 47.7 Å². The minimum absolute atomic E-state index is 0.239. The number of carbonyl (C=O) groups excluding carboxylic acids is 1. The molecular formula is C23H27N5O. The molecule has 6 rings (SSSR count). The van der Waals surface area contributed by atoms with E-state index in [0.29, 0.717) is 24.9 Å². The highest BCUT2D eigenvalue weighted by Crippen LogP contribution is 2.29. The maximum absolute atomic E-state index is 13.0. The average Bonchev–Trinajstić information content (AvgIpc) is 2.94. The molecule has 3 fully saturated rings. The van der Waals surface area contributed by atoms with Crippen molar-refractivity contribution in [2.24, 2.45) is 5.92 Å².